The average molecular weight is 708 g/mol. The normalized spacial score (nSPS) is 11.8. The van der Waals surface area contributed by atoms with Crippen LogP contribution in [-0.2, 0) is 32.6 Å². The van der Waals surface area contributed by atoms with Gasteiger partial charge in [-0.15, -0.1) is 0 Å². The molecular formula is C37H42ClN3O7S. The largest absolute Gasteiger partial charge is 0.494 e. The third kappa shape index (κ3) is 9.45. The monoisotopic (exact) mass is 707 g/mol. The molecule has 260 valence electrons. The Morgan fingerprint density at radius 1 is 0.857 bits per heavy atom. The van der Waals surface area contributed by atoms with E-state index in [0.29, 0.717) is 28.7 Å². The number of ether oxygens (including phenoxy) is 3. The van der Waals surface area contributed by atoms with Crippen molar-refractivity contribution in [3.63, 3.8) is 0 Å². The Balaban J connectivity index is 1.84. The Morgan fingerprint density at radius 2 is 1.51 bits per heavy atom. The van der Waals surface area contributed by atoms with Gasteiger partial charge in [0.1, 0.15) is 18.3 Å². The van der Waals surface area contributed by atoms with E-state index in [1.165, 1.54) is 37.3 Å². The lowest BCUT2D eigenvalue weighted by atomic mass is 10.0. The minimum Gasteiger partial charge on any atom is -0.494 e. The molecule has 4 aromatic carbocycles. The van der Waals surface area contributed by atoms with E-state index >= 15 is 0 Å². The van der Waals surface area contributed by atoms with E-state index in [2.05, 4.69) is 5.32 Å². The lowest BCUT2D eigenvalue weighted by molar-refractivity contribution is -0.140. The predicted octanol–water partition coefficient (Wildman–Crippen LogP) is 6.12. The Bertz CT molecular complexity index is 1820. The molecule has 0 aliphatic heterocycles. The van der Waals surface area contributed by atoms with Crippen LogP contribution in [0.15, 0.2) is 102 Å². The molecule has 49 heavy (non-hydrogen) atoms. The number of nitrogens with zero attached hydrogens (tertiary/aromatic N) is 2. The molecule has 12 heteroatoms. The number of amides is 2. The maximum absolute atomic E-state index is 14.7. The molecule has 2 amide bonds. The zero-order chi connectivity index (χ0) is 35.6. The molecule has 0 aliphatic carbocycles. The number of hydrogen-bond donors (Lipinski definition) is 1. The molecule has 4 aromatic rings. The second kappa shape index (κ2) is 17.1. The molecule has 0 saturated heterocycles. The predicted molar refractivity (Wildman–Crippen MR) is 191 cm³/mol. The molecule has 0 heterocycles. The van der Waals surface area contributed by atoms with Crippen molar-refractivity contribution in [1.29, 1.82) is 0 Å². The highest BCUT2D eigenvalue weighted by Gasteiger charge is 2.35. The molecular weight excluding hydrogens is 666 g/mol. The second-order valence-electron chi connectivity index (χ2n) is 11.4. The van der Waals surface area contributed by atoms with Crippen LogP contribution in [0.25, 0.3) is 0 Å². The van der Waals surface area contributed by atoms with Crippen molar-refractivity contribution in [2.75, 3.05) is 31.7 Å². The van der Waals surface area contributed by atoms with E-state index in [-0.39, 0.29) is 41.2 Å². The summed E-state index contributed by atoms with van der Waals surface area (Å²) in [4.78, 5) is 29.8. The number of anilines is 1. The fourth-order valence-corrected chi connectivity index (χ4v) is 6.88. The van der Waals surface area contributed by atoms with Gasteiger partial charge in [-0.25, -0.2) is 8.42 Å². The molecule has 4 rings (SSSR count). The molecule has 0 spiro atoms. The first-order chi connectivity index (χ1) is 23.5. The van der Waals surface area contributed by atoms with Crippen molar-refractivity contribution in [3.8, 4) is 17.2 Å². The van der Waals surface area contributed by atoms with Gasteiger partial charge in [-0.2, -0.15) is 0 Å². The lowest BCUT2D eigenvalue weighted by Crippen LogP contribution is -2.54. The topological polar surface area (TPSA) is 114 Å². The van der Waals surface area contributed by atoms with Crippen LogP contribution >= 0.6 is 11.6 Å². The lowest BCUT2D eigenvalue weighted by Gasteiger charge is -2.34. The van der Waals surface area contributed by atoms with Crippen molar-refractivity contribution < 1.29 is 32.2 Å². The van der Waals surface area contributed by atoms with Crippen molar-refractivity contribution in [2.45, 2.75) is 50.7 Å². The van der Waals surface area contributed by atoms with Gasteiger partial charge < -0.3 is 24.4 Å². The maximum Gasteiger partial charge on any atom is 0.264 e. The molecule has 0 unspecified atom stereocenters. The van der Waals surface area contributed by atoms with E-state index in [0.717, 1.165) is 9.87 Å². The number of sulfonamides is 1. The van der Waals surface area contributed by atoms with E-state index in [1.807, 2.05) is 51.1 Å². The number of carbonyl (C=O) groups is 2. The van der Waals surface area contributed by atoms with Crippen molar-refractivity contribution >= 4 is 39.1 Å². The Morgan fingerprint density at radius 3 is 2.12 bits per heavy atom. The summed E-state index contributed by atoms with van der Waals surface area (Å²) in [7, 11) is -1.53. The van der Waals surface area contributed by atoms with Gasteiger partial charge in [-0.05, 0) is 74.4 Å². The van der Waals surface area contributed by atoms with Gasteiger partial charge in [0.15, 0.2) is 11.5 Å². The number of hydrogen-bond acceptors (Lipinski definition) is 7. The quantitative estimate of drug-likeness (QED) is 0.149. The molecule has 10 nitrogen and oxygen atoms in total. The summed E-state index contributed by atoms with van der Waals surface area (Å²) in [6.07, 6.45) is 0.182. The van der Waals surface area contributed by atoms with Crippen molar-refractivity contribution in [3.05, 3.63) is 113 Å². The molecule has 0 radical (unpaired) electrons. The molecule has 1 atom stereocenters. The molecule has 0 aliphatic rings. The SMILES string of the molecule is CCOc1ccc(N(CC(=O)N(Cc2ccccc2Cl)[C@@H](Cc2ccccc2)C(=O)NC(C)C)S(=O)(=O)c2ccc(OC)c(OC)c2)cc1. The van der Waals surface area contributed by atoms with Gasteiger partial charge in [-0.1, -0.05) is 60.1 Å². The number of halogens is 1. The second-order valence-corrected chi connectivity index (χ2v) is 13.7. The number of carbonyl (C=O) groups excluding carboxylic acids is 2. The first-order valence-electron chi connectivity index (χ1n) is 15.8. The van der Waals surface area contributed by atoms with Crippen molar-refractivity contribution in [1.82, 2.24) is 10.2 Å². The van der Waals surface area contributed by atoms with Crippen molar-refractivity contribution in [2.24, 2.45) is 0 Å². The number of rotatable bonds is 16. The molecule has 0 aromatic heterocycles. The number of methoxy groups -OCH3 is 2. The summed E-state index contributed by atoms with van der Waals surface area (Å²) in [5.74, 6) is 0.0909. The Hall–Kier alpha value is -4.74. The maximum atomic E-state index is 14.7. The standard InChI is InChI=1S/C37H42ClN3O7S/c1-6-48-30-18-16-29(17-19-30)41(49(44,45)31-20-21-34(46-4)35(23-31)47-5)25-36(42)40(24-28-14-10-11-15-32(28)38)33(37(43)39-26(2)3)22-27-12-8-7-9-13-27/h7-21,23,26,33H,6,22,24-25H2,1-5H3,(H,39,43)/t33-/m0/s1. The van der Waals surface area contributed by atoms with E-state index < -0.39 is 28.5 Å². The molecule has 1 N–H and O–H groups in total. The van der Waals surface area contributed by atoms with Gasteiger partial charge in [-0.3, -0.25) is 13.9 Å². The van der Waals surface area contributed by atoms with Crippen LogP contribution in [-0.4, -0.2) is 64.6 Å². The summed E-state index contributed by atoms with van der Waals surface area (Å²) in [5, 5.41) is 3.35. The van der Waals surface area contributed by atoms with Crippen LogP contribution in [0, 0.1) is 0 Å². The third-order valence-electron chi connectivity index (χ3n) is 7.66. The zero-order valence-electron chi connectivity index (χ0n) is 28.3. The van der Waals surface area contributed by atoms with Crippen LogP contribution in [0.4, 0.5) is 5.69 Å². The van der Waals surface area contributed by atoms with Crippen LogP contribution in [0.3, 0.4) is 0 Å². The van der Waals surface area contributed by atoms with E-state index in [1.54, 1.807) is 48.5 Å². The Labute approximate surface area is 293 Å². The molecule has 0 saturated carbocycles. The summed E-state index contributed by atoms with van der Waals surface area (Å²) in [5.41, 5.74) is 1.64. The summed E-state index contributed by atoms with van der Waals surface area (Å²) >= 11 is 6.57. The minimum atomic E-state index is -4.39. The first-order valence-corrected chi connectivity index (χ1v) is 17.6. The van der Waals surface area contributed by atoms with Gasteiger partial charge in [0, 0.05) is 30.1 Å². The highest BCUT2D eigenvalue weighted by molar-refractivity contribution is 7.92. The molecule has 0 bridgehead atoms. The van der Waals surface area contributed by atoms with Gasteiger partial charge >= 0.3 is 0 Å². The van der Waals surface area contributed by atoms with Gasteiger partial charge in [0.05, 0.1) is 31.4 Å². The number of benzene rings is 4. The van der Waals surface area contributed by atoms with E-state index in [9.17, 15) is 18.0 Å². The van der Waals surface area contributed by atoms with Crippen LogP contribution in [0.2, 0.25) is 5.02 Å². The molecule has 0 fully saturated rings. The third-order valence-corrected chi connectivity index (χ3v) is 9.80. The Kier molecular flexibility index (Phi) is 12.9. The fourth-order valence-electron chi connectivity index (χ4n) is 5.25. The van der Waals surface area contributed by atoms with E-state index in [4.69, 9.17) is 25.8 Å². The fraction of sp³-hybridized carbons (Fsp3) is 0.297. The summed E-state index contributed by atoms with van der Waals surface area (Å²) in [6, 6.07) is 25.8. The van der Waals surface area contributed by atoms with Crippen LogP contribution in [0.1, 0.15) is 31.9 Å². The highest BCUT2D eigenvalue weighted by atomic mass is 35.5. The number of nitrogens with one attached hydrogen (secondary N) is 1. The first kappa shape index (κ1) is 37.1. The summed E-state index contributed by atoms with van der Waals surface area (Å²) < 4.78 is 46.2. The van der Waals surface area contributed by atoms with Crippen LogP contribution in [0.5, 0.6) is 17.2 Å². The highest BCUT2D eigenvalue weighted by Crippen LogP contribution is 2.33. The van der Waals surface area contributed by atoms with Crippen LogP contribution < -0.4 is 23.8 Å². The van der Waals surface area contributed by atoms with Gasteiger partial charge in [0.25, 0.3) is 10.0 Å². The average Bonchev–Trinajstić information content (AvgIpc) is 3.09. The summed E-state index contributed by atoms with van der Waals surface area (Å²) in [6.45, 7) is 5.26. The zero-order valence-corrected chi connectivity index (χ0v) is 29.8. The minimum absolute atomic E-state index is 0.0466. The smallest absolute Gasteiger partial charge is 0.264 e. The van der Waals surface area contributed by atoms with Gasteiger partial charge in [0.2, 0.25) is 11.8 Å².